The van der Waals surface area contributed by atoms with Crippen molar-refractivity contribution in [3.63, 3.8) is 0 Å². The van der Waals surface area contributed by atoms with Gasteiger partial charge in [0.25, 0.3) is 0 Å². The summed E-state index contributed by atoms with van der Waals surface area (Å²) < 4.78 is 0. The minimum atomic E-state index is 0.0356. The molecular formula is C15H18N8. The molecule has 3 aromatic rings. The normalized spacial score (nSPS) is 11.9. The quantitative estimate of drug-likeness (QED) is 0.634. The van der Waals surface area contributed by atoms with E-state index in [1.807, 2.05) is 31.2 Å². The lowest BCUT2D eigenvalue weighted by Crippen LogP contribution is -2.25. The first-order valence-corrected chi connectivity index (χ1v) is 7.27. The highest BCUT2D eigenvalue weighted by Gasteiger charge is 2.03. The van der Waals surface area contributed by atoms with Gasteiger partial charge in [0.05, 0.1) is 18.1 Å². The van der Waals surface area contributed by atoms with Crippen molar-refractivity contribution >= 4 is 17.5 Å². The van der Waals surface area contributed by atoms with E-state index in [0.717, 1.165) is 11.4 Å². The van der Waals surface area contributed by atoms with Crippen LogP contribution in [-0.4, -0.2) is 37.5 Å². The Labute approximate surface area is 133 Å². The summed E-state index contributed by atoms with van der Waals surface area (Å²) in [5.74, 6) is 1.23. The van der Waals surface area contributed by atoms with Crippen molar-refractivity contribution in [2.75, 3.05) is 17.2 Å². The van der Waals surface area contributed by atoms with Crippen LogP contribution in [0, 0.1) is 0 Å². The summed E-state index contributed by atoms with van der Waals surface area (Å²) in [6.45, 7) is 2.54. The lowest BCUT2D eigenvalue weighted by molar-refractivity contribution is 0.752. The van der Waals surface area contributed by atoms with Crippen LogP contribution in [-0.2, 0) is 0 Å². The van der Waals surface area contributed by atoms with E-state index in [4.69, 9.17) is 5.73 Å². The third kappa shape index (κ3) is 4.01. The number of rotatable bonds is 6. The van der Waals surface area contributed by atoms with Crippen molar-refractivity contribution in [1.82, 2.24) is 25.0 Å². The first-order valence-electron chi connectivity index (χ1n) is 7.27. The molecule has 1 aromatic carbocycles. The first-order chi connectivity index (χ1) is 11.2. The molecule has 4 N–H and O–H groups in total. The van der Waals surface area contributed by atoms with Crippen LogP contribution >= 0.6 is 0 Å². The molecule has 2 aromatic heterocycles. The molecule has 0 saturated heterocycles. The predicted octanol–water partition coefficient (Wildman–Crippen LogP) is 1.56. The van der Waals surface area contributed by atoms with Gasteiger partial charge in [-0.25, -0.2) is 4.98 Å². The highest BCUT2D eigenvalue weighted by molar-refractivity contribution is 5.59. The van der Waals surface area contributed by atoms with Crippen LogP contribution in [0.2, 0.25) is 0 Å². The highest BCUT2D eigenvalue weighted by atomic mass is 15.5. The Balaban J connectivity index is 1.74. The Hall–Kier alpha value is -3.00. The molecule has 0 bridgehead atoms. The second kappa shape index (κ2) is 6.84. The van der Waals surface area contributed by atoms with Gasteiger partial charge in [-0.2, -0.15) is 20.0 Å². The van der Waals surface area contributed by atoms with Gasteiger partial charge in [0.1, 0.15) is 5.82 Å². The lowest BCUT2D eigenvalue weighted by Gasteiger charge is -2.10. The van der Waals surface area contributed by atoms with Gasteiger partial charge in [0, 0.05) is 24.5 Å². The van der Waals surface area contributed by atoms with Gasteiger partial charge in [0.2, 0.25) is 5.95 Å². The number of hydrogen-bond acceptors (Lipinski definition) is 7. The second-order valence-electron chi connectivity index (χ2n) is 5.12. The number of anilines is 3. The van der Waals surface area contributed by atoms with E-state index in [2.05, 4.69) is 30.8 Å². The standard InChI is InChI=1S/C15H18N8/c1-11(16)10-18-15-17-6-5-14(22-15)21-12-3-2-4-13(9-12)23-19-7-8-20-23/h2-9,11H,10,16H2,1H3,(H2,17,18,21,22)/t11-/m0/s1. The molecule has 23 heavy (non-hydrogen) atoms. The number of benzene rings is 1. The molecule has 0 saturated carbocycles. The minimum Gasteiger partial charge on any atom is -0.353 e. The second-order valence-corrected chi connectivity index (χ2v) is 5.12. The molecule has 0 unspecified atom stereocenters. The lowest BCUT2D eigenvalue weighted by atomic mass is 10.3. The number of aromatic nitrogens is 5. The van der Waals surface area contributed by atoms with E-state index in [1.165, 1.54) is 0 Å². The van der Waals surface area contributed by atoms with Crippen LogP contribution in [0.4, 0.5) is 17.5 Å². The molecule has 8 heteroatoms. The predicted molar refractivity (Wildman–Crippen MR) is 88.8 cm³/mol. The van der Waals surface area contributed by atoms with Crippen LogP contribution in [0.3, 0.4) is 0 Å². The van der Waals surface area contributed by atoms with Crippen LogP contribution in [0.1, 0.15) is 6.92 Å². The molecule has 1 atom stereocenters. The van der Waals surface area contributed by atoms with Crippen molar-refractivity contribution in [3.8, 4) is 5.69 Å². The summed E-state index contributed by atoms with van der Waals surface area (Å²) in [5.41, 5.74) is 7.47. The molecule has 0 spiro atoms. The van der Waals surface area contributed by atoms with Crippen molar-refractivity contribution in [2.24, 2.45) is 5.73 Å². The average Bonchev–Trinajstić information content (AvgIpc) is 3.08. The van der Waals surface area contributed by atoms with Gasteiger partial charge >= 0.3 is 0 Å². The Morgan fingerprint density at radius 1 is 1.17 bits per heavy atom. The smallest absolute Gasteiger partial charge is 0.224 e. The maximum absolute atomic E-state index is 5.72. The summed E-state index contributed by atoms with van der Waals surface area (Å²) in [5, 5.41) is 14.6. The fraction of sp³-hybridized carbons (Fsp3) is 0.200. The van der Waals surface area contributed by atoms with Gasteiger partial charge in [-0.05, 0) is 31.2 Å². The van der Waals surface area contributed by atoms with E-state index >= 15 is 0 Å². The summed E-state index contributed by atoms with van der Waals surface area (Å²) >= 11 is 0. The van der Waals surface area contributed by atoms with E-state index in [-0.39, 0.29) is 6.04 Å². The van der Waals surface area contributed by atoms with E-state index in [9.17, 15) is 0 Å². The molecule has 2 heterocycles. The van der Waals surface area contributed by atoms with Gasteiger partial charge in [0.15, 0.2) is 0 Å². The third-order valence-electron chi connectivity index (χ3n) is 3.01. The zero-order valence-electron chi connectivity index (χ0n) is 12.7. The summed E-state index contributed by atoms with van der Waals surface area (Å²) in [6.07, 6.45) is 4.97. The largest absolute Gasteiger partial charge is 0.353 e. The van der Waals surface area contributed by atoms with Crippen LogP contribution < -0.4 is 16.4 Å². The molecule has 0 aliphatic carbocycles. The van der Waals surface area contributed by atoms with Crippen LogP contribution in [0.5, 0.6) is 0 Å². The third-order valence-corrected chi connectivity index (χ3v) is 3.01. The number of hydrogen-bond donors (Lipinski definition) is 3. The summed E-state index contributed by atoms with van der Waals surface area (Å²) in [4.78, 5) is 10.1. The summed E-state index contributed by atoms with van der Waals surface area (Å²) in [7, 11) is 0. The minimum absolute atomic E-state index is 0.0356. The van der Waals surface area contributed by atoms with Crippen LogP contribution in [0.15, 0.2) is 48.9 Å². The Bertz CT molecular complexity index is 754. The molecule has 3 rings (SSSR count). The van der Waals surface area contributed by atoms with Crippen LogP contribution in [0.25, 0.3) is 5.69 Å². The first kappa shape index (κ1) is 14.9. The topological polar surface area (TPSA) is 107 Å². The number of nitrogens with two attached hydrogens (primary N) is 1. The molecule has 8 nitrogen and oxygen atoms in total. The number of nitrogens with one attached hydrogen (secondary N) is 2. The maximum Gasteiger partial charge on any atom is 0.224 e. The van der Waals surface area contributed by atoms with Gasteiger partial charge in [-0.3, -0.25) is 0 Å². The fourth-order valence-corrected chi connectivity index (χ4v) is 1.97. The van der Waals surface area contributed by atoms with Crippen molar-refractivity contribution in [2.45, 2.75) is 13.0 Å². The zero-order valence-corrected chi connectivity index (χ0v) is 12.7. The Morgan fingerprint density at radius 2 is 2.00 bits per heavy atom. The Kier molecular flexibility index (Phi) is 4.44. The highest BCUT2D eigenvalue weighted by Crippen LogP contribution is 2.18. The molecule has 0 aliphatic heterocycles. The summed E-state index contributed by atoms with van der Waals surface area (Å²) in [6, 6.07) is 9.59. The van der Waals surface area contributed by atoms with Crippen molar-refractivity contribution < 1.29 is 0 Å². The maximum atomic E-state index is 5.72. The van der Waals surface area contributed by atoms with Crippen molar-refractivity contribution in [3.05, 3.63) is 48.9 Å². The van der Waals surface area contributed by atoms with Crippen molar-refractivity contribution in [1.29, 1.82) is 0 Å². The fourth-order valence-electron chi connectivity index (χ4n) is 1.97. The van der Waals surface area contributed by atoms with E-state index in [0.29, 0.717) is 18.3 Å². The number of nitrogens with zero attached hydrogens (tertiary/aromatic N) is 5. The zero-order chi connectivity index (χ0) is 16.1. The Morgan fingerprint density at radius 3 is 2.78 bits per heavy atom. The van der Waals surface area contributed by atoms with Gasteiger partial charge < -0.3 is 16.4 Å². The average molecular weight is 310 g/mol. The molecule has 0 radical (unpaired) electrons. The molecule has 0 aliphatic rings. The van der Waals surface area contributed by atoms with E-state index in [1.54, 1.807) is 29.5 Å². The monoisotopic (exact) mass is 310 g/mol. The van der Waals surface area contributed by atoms with Gasteiger partial charge in [-0.1, -0.05) is 6.07 Å². The molecule has 118 valence electrons. The molecule has 0 amide bonds. The SMILES string of the molecule is C[C@H](N)CNc1nccc(Nc2cccc(-n3nccn3)c2)n1. The van der Waals surface area contributed by atoms with E-state index < -0.39 is 0 Å². The molecular weight excluding hydrogens is 292 g/mol. The molecule has 0 fully saturated rings. The van der Waals surface area contributed by atoms with Gasteiger partial charge in [-0.15, -0.1) is 0 Å².